The smallest absolute Gasteiger partial charge is 0.243 e. The molecule has 0 saturated heterocycles. The molecule has 0 spiro atoms. The summed E-state index contributed by atoms with van der Waals surface area (Å²) in [6.07, 6.45) is 1.63. The monoisotopic (exact) mass is 418 g/mol. The van der Waals surface area contributed by atoms with Gasteiger partial charge in [0.25, 0.3) is 0 Å². The SMILES string of the molecule is CCN(CC(=O)N[C@@H](C)CCc1ccccc1)S(=O)(=O)c1ccc(OC)c(C)c1. The van der Waals surface area contributed by atoms with Crippen LogP contribution in [0.4, 0.5) is 0 Å². The Balaban J connectivity index is 1.98. The zero-order valence-corrected chi connectivity index (χ0v) is 18.3. The molecule has 1 atom stereocenters. The second-order valence-electron chi connectivity index (χ2n) is 7.06. The summed E-state index contributed by atoms with van der Waals surface area (Å²) in [5.41, 5.74) is 1.94. The molecule has 0 unspecified atom stereocenters. The number of aryl methyl sites for hydroxylation is 2. The predicted octanol–water partition coefficient (Wildman–Crippen LogP) is 3.15. The van der Waals surface area contributed by atoms with E-state index in [1.807, 2.05) is 25.1 Å². The minimum Gasteiger partial charge on any atom is -0.496 e. The number of carbonyl (C=O) groups excluding carboxylic acids is 1. The van der Waals surface area contributed by atoms with E-state index in [0.29, 0.717) is 5.75 Å². The Bertz CT molecular complexity index is 914. The highest BCUT2D eigenvalue weighted by molar-refractivity contribution is 7.89. The number of amides is 1. The number of rotatable bonds is 10. The molecule has 1 N–H and O–H groups in total. The molecule has 0 bridgehead atoms. The van der Waals surface area contributed by atoms with Gasteiger partial charge in [-0.25, -0.2) is 8.42 Å². The maximum atomic E-state index is 13.0. The van der Waals surface area contributed by atoms with Crippen LogP contribution in [0, 0.1) is 6.92 Å². The van der Waals surface area contributed by atoms with Crippen molar-refractivity contribution in [2.45, 2.75) is 44.6 Å². The van der Waals surface area contributed by atoms with Gasteiger partial charge in [-0.15, -0.1) is 0 Å². The number of nitrogens with one attached hydrogen (secondary N) is 1. The summed E-state index contributed by atoms with van der Waals surface area (Å²) >= 11 is 0. The number of benzene rings is 2. The average Bonchev–Trinajstić information content (AvgIpc) is 2.71. The largest absolute Gasteiger partial charge is 0.496 e. The van der Waals surface area contributed by atoms with Crippen LogP contribution in [0.3, 0.4) is 0 Å². The van der Waals surface area contributed by atoms with Crippen LogP contribution in [0.25, 0.3) is 0 Å². The number of hydrogen-bond donors (Lipinski definition) is 1. The molecule has 0 fully saturated rings. The van der Waals surface area contributed by atoms with Gasteiger partial charge in [-0.3, -0.25) is 4.79 Å². The molecule has 2 aromatic rings. The standard InChI is InChI=1S/C22H30N2O4S/c1-5-24(29(26,27)20-13-14-21(28-4)17(2)15-20)16-22(25)23-18(3)11-12-19-9-7-6-8-10-19/h6-10,13-15,18H,5,11-12,16H2,1-4H3,(H,23,25)/t18-/m0/s1. The molecule has 0 saturated carbocycles. The van der Waals surface area contributed by atoms with Gasteiger partial charge in [0.15, 0.2) is 0 Å². The molecule has 29 heavy (non-hydrogen) atoms. The summed E-state index contributed by atoms with van der Waals surface area (Å²) in [5.74, 6) is 0.318. The van der Waals surface area contributed by atoms with E-state index in [4.69, 9.17) is 4.74 Å². The number of ether oxygens (including phenoxy) is 1. The second kappa shape index (κ2) is 10.4. The van der Waals surface area contributed by atoms with Crippen molar-refractivity contribution in [1.82, 2.24) is 9.62 Å². The minimum atomic E-state index is -3.77. The predicted molar refractivity (Wildman–Crippen MR) is 115 cm³/mol. The topological polar surface area (TPSA) is 75.7 Å². The van der Waals surface area contributed by atoms with Crippen molar-refractivity contribution in [2.75, 3.05) is 20.2 Å². The second-order valence-corrected chi connectivity index (χ2v) is 8.99. The Labute approximate surface area is 173 Å². The van der Waals surface area contributed by atoms with Crippen molar-refractivity contribution >= 4 is 15.9 Å². The molecule has 0 aliphatic carbocycles. The van der Waals surface area contributed by atoms with Crippen molar-refractivity contribution < 1.29 is 17.9 Å². The maximum Gasteiger partial charge on any atom is 0.243 e. The van der Waals surface area contributed by atoms with Crippen LogP contribution in [0.5, 0.6) is 5.75 Å². The van der Waals surface area contributed by atoms with Crippen LogP contribution in [0.2, 0.25) is 0 Å². The van der Waals surface area contributed by atoms with Crippen molar-refractivity contribution in [3.05, 3.63) is 59.7 Å². The summed E-state index contributed by atoms with van der Waals surface area (Å²) < 4.78 is 32.3. The lowest BCUT2D eigenvalue weighted by Gasteiger charge is -2.22. The van der Waals surface area contributed by atoms with Gasteiger partial charge >= 0.3 is 0 Å². The summed E-state index contributed by atoms with van der Waals surface area (Å²) in [4.78, 5) is 12.6. The molecule has 0 aliphatic rings. The third kappa shape index (κ3) is 6.30. The molecule has 7 heteroatoms. The zero-order chi connectivity index (χ0) is 21.4. The van der Waals surface area contributed by atoms with Crippen LogP contribution in [0.1, 0.15) is 31.4 Å². The quantitative estimate of drug-likeness (QED) is 0.643. The molecular formula is C22H30N2O4S. The van der Waals surface area contributed by atoms with E-state index in [9.17, 15) is 13.2 Å². The molecular weight excluding hydrogens is 388 g/mol. The Morgan fingerprint density at radius 3 is 2.45 bits per heavy atom. The fraction of sp³-hybridized carbons (Fsp3) is 0.409. The first-order valence-corrected chi connectivity index (χ1v) is 11.2. The van der Waals surface area contributed by atoms with Gasteiger partial charge in [-0.05, 0) is 56.0 Å². The van der Waals surface area contributed by atoms with Crippen molar-refractivity contribution in [2.24, 2.45) is 0 Å². The van der Waals surface area contributed by atoms with Crippen LogP contribution >= 0.6 is 0 Å². The Morgan fingerprint density at radius 2 is 1.86 bits per heavy atom. The molecule has 1 amide bonds. The van der Waals surface area contributed by atoms with Crippen LogP contribution in [-0.4, -0.2) is 44.9 Å². The maximum absolute atomic E-state index is 13.0. The van der Waals surface area contributed by atoms with E-state index >= 15 is 0 Å². The fourth-order valence-corrected chi connectivity index (χ4v) is 4.60. The lowest BCUT2D eigenvalue weighted by molar-refractivity contribution is -0.121. The van der Waals surface area contributed by atoms with E-state index in [1.54, 1.807) is 26.0 Å². The lowest BCUT2D eigenvalue weighted by Crippen LogP contribution is -2.43. The van der Waals surface area contributed by atoms with E-state index in [-0.39, 0.29) is 29.9 Å². The number of sulfonamides is 1. The lowest BCUT2D eigenvalue weighted by atomic mass is 10.1. The molecule has 2 rings (SSSR count). The van der Waals surface area contributed by atoms with Gasteiger partial charge < -0.3 is 10.1 Å². The van der Waals surface area contributed by atoms with Crippen LogP contribution < -0.4 is 10.1 Å². The van der Waals surface area contributed by atoms with Gasteiger partial charge in [-0.2, -0.15) is 4.31 Å². The Hall–Kier alpha value is -2.38. The summed E-state index contributed by atoms with van der Waals surface area (Å²) in [6.45, 7) is 5.44. The number of nitrogens with zero attached hydrogens (tertiary/aromatic N) is 1. The molecule has 158 valence electrons. The van der Waals surface area contributed by atoms with Crippen molar-refractivity contribution in [1.29, 1.82) is 0 Å². The first kappa shape index (κ1) is 22.9. The highest BCUT2D eigenvalue weighted by atomic mass is 32.2. The highest BCUT2D eigenvalue weighted by Crippen LogP contribution is 2.23. The molecule has 2 aromatic carbocycles. The number of likely N-dealkylation sites (N-methyl/N-ethyl adjacent to an activating group) is 1. The van der Waals surface area contributed by atoms with Gasteiger partial charge in [0, 0.05) is 12.6 Å². The van der Waals surface area contributed by atoms with Gasteiger partial charge in [0.05, 0.1) is 18.6 Å². The highest BCUT2D eigenvalue weighted by Gasteiger charge is 2.26. The third-order valence-corrected chi connectivity index (χ3v) is 6.71. The molecule has 0 heterocycles. The molecule has 0 aromatic heterocycles. The average molecular weight is 419 g/mol. The van der Waals surface area contributed by atoms with Crippen molar-refractivity contribution in [3.63, 3.8) is 0 Å². The molecule has 0 radical (unpaired) electrons. The van der Waals surface area contributed by atoms with Gasteiger partial charge in [0.2, 0.25) is 15.9 Å². The normalized spacial score (nSPS) is 12.6. The van der Waals surface area contributed by atoms with E-state index in [2.05, 4.69) is 17.4 Å². The summed E-state index contributed by atoms with van der Waals surface area (Å²) in [6, 6.07) is 14.7. The number of hydrogen-bond acceptors (Lipinski definition) is 4. The van der Waals surface area contributed by atoms with Gasteiger partial charge in [0.1, 0.15) is 5.75 Å². The summed E-state index contributed by atoms with van der Waals surface area (Å²) in [5, 5.41) is 2.90. The molecule has 6 nitrogen and oxygen atoms in total. The first-order valence-electron chi connectivity index (χ1n) is 9.76. The van der Waals surface area contributed by atoms with Crippen LogP contribution in [0.15, 0.2) is 53.4 Å². The summed E-state index contributed by atoms with van der Waals surface area (Å²) in [7, 11) is -2.23. The van der Waals surface area contributed by atoms with Crippen LogP contribution in [-0.2, 0) is 21.2 Å². The van der Waals surface area contributed by atoms with Gasteiger partial charge in [-0.1, -0.05) is 37.3 Å². The first-order chi connectivity index (χ1) is 13.8. The Kier molecular flexibility index (Phi) is 8.22. The number of methoxy groups -OCH3 is 1. The third-order valence-electron chi connectivity index (χ3n) is 4.79. The zero-order valence-electron chi connectivity index (χ0n) is 17.5. The van der Waals surface area contributed by atoms with E-state index in [1.165, 1.54) is 23.0 Å². The van der Waals surface area contributed by atoms with Crippen molar-refractivity contribution in [3.8, 4) is 5.75 Å². The van der Waals surface area contributed by atoms with E-state index in [0.717, 1.165) is 18.4 Å². The molecule has 0 aliphatic heterocycles. The fourth-order valence-electron chi connectivity index (χ4n) is 3.11. The Morgan fingerprint density at radius 1 is 1.17 bits per heavy atom. The van der Waals surface area contributed by atoms with E-state index < -0.39 is 10.0 Å². The minimum absolute atomic E-state index is 0.0488. The number of carbonyl (C=O) groups is 1.